The molecule has 7 nitrogen and oxygen atoms in total. The van der Waals surface area contributed by atoms with Crippen LogP contribution in [-0.2, 0) is 9.84 Å². The van der Waals surface area contributed by atoms with Crippen molar-refractivity contribution < 1.29 is 13.6 Å². The van der Waals surface area contributed by atoms with Gasteiger partial charge in [-0.2, -0.15) is 5.10 Å². The molecular formula is C9H16N4O3S. The Morgan fingerprint density at radius 2 is 2.35 bits per heavy atom. The topological polar surface area (TPSA) is 111 Å². The first-order valence-electron chi connectivity index (χ1n) is 5.09. The number of hydrogen-bond donors (Lipinski definition) is 2. The number of oxime groups is 1. The summed E-state index contributed by atoms with van der Waals surface area (Å²) >= 11 is 0. The van der Waals surface area contributed by atoms with Crippen LogP contribution in [0.25, 0.3) is 0 Å². The molecule has 0 radical (unpaired) electrons. The minimum atomic E-state index is -3.25. The van der Waals surface area contributed by atoms with Crippen molar-refractivity contribution in [3.05, 3.63) is 12.4 Å². The Morgan fingerprint density at radius 3 is 2.76 bits per heavy atom. The molecule has 0 aromatic carbocycles. The Labute approximate surface area is 99.8 Å². The minimum Gasteiger partial charge on any atom is -0.409 e. The standard InChI is InChI=1S/C9H16N4O3S/c1-3-7(4-9(10)12-14)13-6-8(5-11-13)17(2,15)16/h5-7,14H,3-4H2,1-2H3,(H2,10,12). The highest BCUT2D eigenvalue weighted by Gasteiger charge is 2.16. The molecule has 1 aromatic heterocycles. The van der Waals surface area contributed by atoms with Gasteiger partial charge in [0.05, 0.1) is 12.2 Å². The highest BCUT2D eigenvalue weighted by molar-refractivity contribution is 7.90. The second-order valence-electron chi connectivity index (χ2n) is 3.79. The van der Waals surface area contributed by atoms with E-state index in [0.29, 0.717) is 12.8 Å². The molecular weight excluding hydrogens is 244 g/mol. The van der Waals surface area contributed by atoms with E-state index >= 15 is 0 Å². The molecule has 8 heteroatoms. The SMILES string of the molecule is CCC(C/C(N)=N/O)n1cc(S(C)(=O)=O)cn1. The molecule has 0 aliphatic heterocycles. The largest absolute Gasteiger partial charge is 0.409 e. The van der Waals surface area contributed by atoms with Gasteiger partial charge in [-0.3, -0.25) is 4.68 Å². The molecule has 0 fully saturated rings. The maximum absolute atomic E-state index is 11.3. The molecule has 17 heavy (non-hydrogen) atoms. The van der Waals surface area contributed by atoms with Gasteiger partial charge in [-0.25, -0.2) is 8.42 Å². The third-order valence-corrected chi connectivity index (χ3v) is 3.49. The normalized spacial score (nSPS) is 14.8. The van der Waals surface area contributed by atoms with Crippen LogP contribution in [0.1, 0.15) is 25.8 Å². The zero-order valence-electron chi connectivity index (χ0n) is 9.74. The minimum absolute atomic E-state index is 0.0910. The van der Waals surface area contributed by atoms with Gasteiger partial charge >= 0.3 is 0 Å². The summed E-state index contributed by atoms with van der Waals surface area (Å²) in [4.78, 5) is 0.162. The summed E-state index contributed by atoms with van der Waals surface area (Å²) in [5, 5.41) is 15.4. The summed E-state index contributed by atoms with van der Waals surface area (Å²) in [6.45, 7) is 1.91. The van der Waals surface area contributed by atoms with Gasteiger partial charge in [-0.1, -0.05) is 12.1 Å². The number of amidine groups is 1. The first-order chi connectivity index (χ1) is 7.88. The number of nitrogens with zero attached hydrogens (tertiary/aromatic N) is 3. The molecule has 0 saturated carbocycles. The maximum Gasteiger partial charge on any atom is 0.178 e. The fourth-order valence-electron chi connectivity index (χ4n) is 1.42. The maximum atomic E-state index is 11.3. The van der Waals surface area contributed by atoms with Crippen molar-refractivity contribution in [1.29, 1.82) is 0 Å². The van der Waals surface area contributed by atoms with E-state index in [4.69, 9.17) is 10.9 Å². The zero-order chi connectivity index (χ0) is 13.1. The second kappa shape index (κ2) is 5.17. The van der Waals surface area contributed by atoms with Crippen LogP contribution in [0.15, 0.2) is 22.4 Å². The summed E-state index contributed by atoms with van der Waals surface area (Å²) in [6, 6.07) is -0.124. The van der Waals surface area contributed by atoms with Crippen LogP contribution in [-0.4, -0.2) is 35.5 Å². The van der Waals surface area contributed by atoms with Gasteiger partial charge in [-0.15, -0.1) is 0 Å². The van der Waals surface area contributed by atoms with E-state index in [1.54, 1.807) is 0 Å². The third-order valence-electron chi connectivity index (χ3n) is 2.42. The van der Waals surface area contributed by atoms with Crippen molar-refractivity contribution in [1.82, 2.24) is 9.78 Å². The van der Waals surface area contributed by atoms with Crippen LogP contribution < -0.4 is 5.73 Å². The van der Waals surface area contributed by atoms with Crippen LogP contribution in [0.4, 0.5) is 0 Å². The summed E-state index contributed by atoms with van der Waals surface area (Å²) in [5.41, 5.74) is 5.42. The van der Waals surface area contributed by atoms with Gasteiger partial charge in [0.2, 0.25) is 0 Å². The molecule has 0 aliphatic carbocycles. The average Bonchev–Trinajstić information content (AvgIpc) is 2.74. The molecule has 1 unspecified atom stereocenters. The fourth-order valence-corrected chi connectivity index (χ4v) is 1.96. The molecule has 3 N–H and O–H groups in total. The first kappa shape index (κ1) is 13.5. The van der Waals surface area contributed by atoms with Gasteiger partial charge < -0.3 is 10.9 Å². The van der Waals surface area contributed by atoms with E-state index in [2.05, 4.69) is 10.3 Å². The van der Waals surface area contributed by atoms with Gasteiger partial charge in [0, 0.05) is 18.9 Å². The Morgan fingerprint density at radius 1 is 1.71 bits per heavy atom. The van der Waals surface area contributed by atoms with E-state index in [1.807, 2.05) is 6.92 Å². The number of sulfone groups is 1. The highest BCUT2D eigenvalue weighted by Crippen LogP contribution is 2.17. The average molecular weight is 260 g/mol. The van der Waals surface area contributed by atoms with Crippen molar-refractivity contribution in [2.75, 3.05) is 6.26 Å². The van der Waals surface area contributed by atoms with Crippen LogP contribution in [0.5, 0.6) is 0 Å². The lowest BCUT2D eigenvalue weighted by Gasteiger charge is -2.14. The summed E-state index contributed by atoms with van der Waals surface area (Å²) in [5.74, 6) is 0.0910. The lowest BCUT2D eigenvalue weighted by molar-refractivity contribution is 0.314. The number of nitrogens with two attached hydrogens (primary N) is 1. The molecule has 0 bridgehead atoms. The second-order valence-corrected chi connectivity index (χ2v) is 5.80. The molecule has 0 saturated heterocycles. The fraction of sp³-hybridized carbons (Fsp3) is 0.556. The van der Waals surface area contributed by atoms with Gasteiger partial charge in [0.25, 0.3) is 0 Å². The number of aromatic nitrogens is 2. The summed E-state index contributed by atoms with van der Waals surface area (Å²) in [6.07, 6.45) is 4.89. The van der Waals surface area contributed by atoms with E-state index in [0.717, 1.165) is 6.26 Å². The van der Waals surface area contributed by atoms with Crippen molar-refractivity contribution in [3.8, 4) is 0 Å². The molecule has 0 spiro atoms. The van der Waals surface area contributed by atoms with Crippen LogP contribution >= 0.6 is 0 Å². The molecule has 1 heterocycles. The van der Waals surface area contributed by atoms with Crippen LogP contribution in [0.3, 0.4) is 0 Å². The van der Waals surface area contributed by atoms with Crippen molar-refractivity contribution in [2.24, 2.45) is 10.9 Å². The van der Waals surface area contributed by atoms with Crippen molar-refractivity contribution in [3.63, 3.8) is 0 Å². The van der Waals surface area contributed by atoms with Gasteiger partial charge in [-0.05, 0) is 6.42 Å². The smallest absolute Gasteiger partial charge is 0.178 e. The number of hydrogen-bond acceptors (Lipinski definition) is 5. The highest BCUT2D eigenvalue weighted by atomic mass is 32.2. The number of rotatable bonds is 5. The molecule has 0 amide bonds. The molecule has 1 aromatic rings. The van der Waals surface area contributed by atoms with Gasteiger partial charge in [0.1, 0.15) is 10.7 Å². The monoisotopic (exact) mass is 260 g/mol. The Hall–Kier alpha value is -1.57. The Kier molecular flexibility index (Phi) is 4.11. The van der Waals surface area contributed by atoms with E-state index in [-0.39, 0.29) is 16.8 Å². The molecule has 96 valence electrons. The van der Waals surface area contributed by atoms with Crippen LogP contribution in [0, 0.1) is 0 Å². The summed E-state index contributed by atoms with van der Waals surface area (Å²) in [7, 11) is -3.25. The van der Waals surface area contributed by atoms with E-state index < -0.39 is 9.84 Å². The Bertz CT molecular complexity index is 506. The lowest BCUT2D eigenvalue weighted by Crippen LogP contribution is -2.19. The predicted octanol–water partition coefficient (Wildman–Crippen LogP) is 0.374. The summed E-state index contributed by atoms with van der Waals surface area (Å²) < 4.78 is 24.1. The van der Waals surface area contributed by atoms with E-state index in [9.17, 15) is 8.42 Å². The van der Waals surface area contributed by atoms with Crippen molar-refractivity contribution >= 4 is 15.7 Å². The van der Waals surface area contributed by atoms with E-state index in [1.165, 1.54) is 17.1 Å². The quantitative estimate of drug-likeness (QED) is 0.344. The third kappa shape index (κ3) is 3.45. The predicted molar refractivity (Wildman–Crippen MR) is 62.7 cm³/mol. The lowest BCUT2D eigenvalue weighted by atomic mass is 10.1. The van der Waals surface area contributed by atoms with Crippen molar-refractivity contribution in [2.45, 2.75) is 30.7 Å². The van der Waals surface area contributed by atoms with Crippen LogP contribution in [0.2, 0.25) is 0 Å². The Balaban J connectivity index is 2.94. The molecule has 0 aliphatic rings. The van der Waals surface area contributed by atoms with Gasteiger partial charge in [0.15, 0.2) is 9.84 Å². The molecule has 1 rings (SSSR count). The molecule has 1 atom stereocenters. The first-order valence-corrected chi connectivity index (χ1v) is 6.98. The zero-order valence-corrected chi connectivity index (χ0v) is 10.6.